The predicted octanol–water partition coefficient (Wildman–Crippen LogP) is 5.63. The fraction of sp³-hybridized carbons (Fsp3) is 0.136. The van der Waals surface area contributed by atoms with Gasteiger partial charge in [-0.15, -0.1) is 11.3 Å². The molecule has 1 aromatic heterocycles. The number of nitrogens with one attached hydrogen (secondary N) is 1. The number of thioether (sulfide) groups is 1. The van der Waals surface area contributed by atoms with Crippen LogP contribution in [0.5, 0.6) is 5.75 Å². The summed E-state index contributed by atoms with van der Waals surface area (Å²) in [6.07, 6.45) is 0.841. The standard InChI is InChI=1S/C22H19NO3S2/c1-13-3-9-17(27-13)11-14-4-10-18-19(12-14)28-21(20(24)22(25)23-18)15-5-7-16(26-2)8-6-15/h3-10,12,24H,11H2,1-2H3,(H,23,25). The monoisotopic (exact) mass is 409 g/mol. The van der Waals surface area contributed by atoms with Crippen LogP contribution >= 0.6 is 23.1 Å². The number of thiophene rings is 1. The zero-order chi connectivity index (χ0) is 19.7. The summed E-state index contributed by atoms with van der Waals surface area (Å²) in [5.41, 5.74) is 2.64. The normalized spacial score (nSPS) is 13.7. The number of hydrogen-bond acceptors (Lipinski definition) is 5. The van der Waals surface area contributed by atoms with Crippen molar-refractivity contribution in [3.05, 3.63) is 81.2 Å². The van der Waals surface area contributed by atoms with Crippen LogP contribution in [0, 0.1) is 6.92 Å². The second-order valence-electron chi connectivity index (χ2n) is 6.48. The number of rotatable bonds is 4. The molecule has 1 aliphatic rings. The molecular formula is C22H19NO3S2. The van der Waals surface area contributed by atoms with E-state index in [2.05, 4.69) is 30.4 Å². The number of fused-ring (bicyclic) bond motifs is 1. The number of benzene rings is 2. The van der Waals surface area contributed by atoms with E-state index in [4.69, 9.17) is 4.74 Å². The predicted molar refractivity (Wildman–Crippen MR) is 115 cm³/mol. The molecule has 0 radical (unpaired) electrons. The van der Waals surface area contributed by atoms with E-state index < -0.39 is 5.91 Å². The highest BCUT2D eigenvalue weighted by molar-refractivity contribution is 8.08. The second kappa shape index (κ2) is 7.73. The first-order chi connectivity index (χ1) is 13.5. The van der Waals surface area contributed by atoms with Gasteiger partial charge in [0.1, 0.15) is 5.75 Å². The van der Waals surface area contributed by atoms with Crippen LogP contribution in [0.15, 0.2) is 65.3 Å². The van der Waals surface area contributed by atoms with Crippen LogP contribution < -0.4 is 10.1 Å². The lowest BCUT2D eigenvalue weighted by atomic mass is 10.1. The zero-order valence-corrected chi connectivity index (χ0v) is 17.1. The summed E-state index contributed by atoms with van der Waals surface area (Å²) < 4.78 is 5.20. The Balaban J connectivity index is 1.68. The Hall–Kier alpha value is -2.70. The number of amides is 1. The van der Waals surface area contributed by atoms with Gasteiger partial charge in [-0.3, -0.25) is 4.79 Å². The van der Waals surface area contributed by atoms with Crippen molar-refractivity contribution in [2.45, 2.75) is 18.2 Å². The van der Waals surface area contributed by atoms with Crippen molar-refractivity contribution in [3.63, 3.8) is 0 Å². The lowest BCUT2D eigenvalue weighted by molar-refractivity contribution is -0.115. The molecule has 4 rings (SSSR count). The van der Waals surface area contributed by atoms with Crippen LogP contribution in [0.3, 0.4) is 0 Å². The number of ether oxygens (including phenoxy) is 1. The number of aliphatic hydroxyl groups is 1. The minimum absolute atomic E-state index is 0.276. The number of carbonyl (C=O) groups is 1. The molecule has 2 N–H and O–H groups in total. The summed E-state index contributed by atoms with van der Waals surface area (Å²) in [5.74, 6) is -0.0543. The van der Waals surface area contributed by atoms with Crippen molar-refractivity contribution in [1.29, 1.82) is 0 Å². The van der Waals surface area contributed by atoms with E-state index in [-0.39, 0.29) is 5.76 Å². The molecule has 28 heavy (non-hydrogen) atoms. The topological polar surface area (TPSA) is 58.6 Å². The lowest BCUT2D eigenvalue weighted by Crippen LogP contribution is -2.14. The van der Waals surface area contributed by atoms with Crippen LogP contribution in [0.25, 0.3) is 4.91 Å². The van der Waals surface area contributed by atoms with Gasteiger partial charge in [-0.1, -0.05) is 30.0 Å². The number of methoxy groups -OCH3 is 1. The van der Waals surface area contributed by atoms with Gasteiger partial charge in [-0.05, 0) is 54.4 Å². The van der Waals surface area contributed by atoms with E-state index in [0.29, 0.717) is 10.6 Å². The van der Waals surface area contributed by atoms with Crippen LogP contribution in [0.2, 0.25) is 0 Å². The van der Waals surface area contributed by atoms with Crippen molar-refractivity contribution >= 4 is 39.6 Å². The van der Waals surface area contributed by atoms with Crippen LogP contribution in [0.4, 0.5) is 5.69 Å². The first-order valence-electron chi connectivity index (χ1n) is 8.78. The van der Waals surface area contributed by atoms with Crippen molar-refractivity contribution in [1.82, 2.24) is 0 Å². The Labute approximate surface area is 171 Å². The zero-order valence-electron chi connectivity index (χ0n) is 15.5. The minimum atomic E-state index is -0.501. The molecule has 4 nitrogen and oxygen atoms in total. The maximum atomic E-state index is 12.4. The summed E-state index contributed by atoms with van der Waals surface area (Å²) in [5, 5.41) is 13.3. The highest BCUT2D eigenvalue weighted by atomic mass is 32.2. The summed E-state index contributed by atoms with van der Waals surface area (Å²) in [7, 11) is 1.60. The Kier molecular flexibility index (Phi) is 5.15. The Bertz CT molecular complexity index is 1070. The maximum absolute atomic E-state index is 12.4. The van der Waals surface area contributed by atoms with E-state index in [1.165, 1.54) is 21.5 Å². The van der Waals surface area contributed by atoms with E-state index in [1.54, 1.807) is 18.4 Å². The Morgan fingerprint density at radius 3 is 2.54 bits per heavy atom. The number of carbonyl (C=O) groups excluding carboxylic acids is 1. The van der Waals surface area contributed by atoms with Crippen molar-refractivity contribution in [2.24, 2.45) is 0 Å². The highest BCUT2D eigenvalue weighted by Crippen LogP contribution is 2.43. The molecule has 0 aliphatic carbocycles. The summed E-state index contributed by atoms with van der Waals surface area (Å²) in [6, 6.07) is 17.6. The molecular weight excluding hydrogens is 390 g/mol. The fourth-order valence-electron chi connectivity index (χ4n) is 3.03. The molecule has 142 valence electrons. The molecule has 0 saturated carbocycles. The average molecular weight is 410 g/mol. The molecule has 2 aromatic carbocycles. The number of anilines is 1. The third kappa shape index (κ3) is 3.79. The second-order valence-corrected chi connectivity index (χ2v) is 8.91. The molecule has 0 spiro atoms. The van der Waals surface area contributed by atoms with Crippen molar-refractivity contribution in [3.8, 4) is 5.75 Å². The van der Waals surface area contributed by atoms with E-state index in [0.717, 1.165) is 28.2 Å². The van der Waals surface area contributed by atoms with Gasteiger partial charge in [0.15, 0.2) is 5.76 Å². The Morgan fingerprint density at radius 1 is 1.07 bits per heavy atom. The number of aliphatic hydroxyl groups excluding tert-OH is 1. The van der Waals surface area contributed by atoms with Gasteiger partial charge < -0.3 is 15.2 Å². The van der Waals surface area contributed by atoms with Gasteiger partial charge in [0.05, 0.1) is 17.7 Å². The summed E-state index contributed by atoms with van der Waals surface area (Å²) >= 11 is 3.18. The third-order valence-corrected chi connectivity index (χ3v) is 6.65. The fourth-order valence-corrected chi connectivity index (χ4v) is 5.05. The summed E-state index contributed by atoms with van der Waals surface area (Å²) in [4.78, 5) is 16.4. The van der Waals surface area contributed by atoms with Gasteiger partial charge in [0, 0.05) is 21.1 Å². The minimum Gasteiger partial charge on any atom is -0.502 e. The van der Waals surface area contributed by atoms with Gasteiger partial charge in [0.2, 0.25) is 0 Å². The first-order valence-corrected chi connectivity index (χ1v) is 10.4. The third-order valence-electron chi connectivity index (χ3n) is 4.46. The van der Waals surface area contributed by atoms with Gasteiger partial charge in [-0.2, -0.15) is 0 Å². The molecule has 2 heterocycles. The van der Waals surface area contributed by atoms with Crippen LogP contribution in [-0.4, -0.2) is 18.1 Å². The molecule has 0 saturated heterocycles. The summed E-state index contributed by atoms with van der Waals surface area (Å²) in [6.45, 7) is 2.10. The number of hydrogen-bond donors (Lipinski definition) is 2. The molecule has 0 fully saturated rings. The van der Waals surface area contributed by atoms with Crippen molar-refractivity contribution in [2.75, 3.05) is 12.4 Å². The molecule has 3 aromatic rings. The first kappa shape index (κ1) is 18.7. The van der Waals surface area contributed by atoms with Crippen molar-refractivity contribution < 1.29 is 14.6 Å². The van der Waals surface area contributed by atoms with Gasteiger partial charge >= 0.3 is 0 Å². The van der Waals surface area contributed by atoms with E-state index >= 15 is 0 Å². The van der Waals surface area contributed by atoms with Gasteiger partial charge in [0.25, 0.3) is 5.91 Å². The Morgan fingerprint density at radius 2 is 1.86 bits per heavy atom. The molecule has 1 aliphatic heterocycles. The molecule has 0 atom stereocenters. The molecule has 6 heteroatoms. The number of aryl methyl sites for hydroxylation is 1. The quantitative estimate of drug-likeness (QED) is 0.587. The van der Waals surface area contributed by atoms with Crippen LogP contribution in [0.1, 0.15) is 20.9 Å². The molecule has 1 amide bonds. The largest absolute Gasteiger partial charge is 0.502 e. The van der Waals surface area contributed by atoms with E-state index in [1.807, 2.05) is 36.4 Å². The highest BCUT2D eigenvalue weighted by Gasteiger charge is 2.24. The van der Waals surface area contributed by atoms with E-state index in [9.17, 15) is 9.90 Å². The maximum Gasteiger partial charge on any atom is 0.291 e. The van der Waals surface area contributed by atoms with Gasteiger partial charge in [-0.25, -0.2) is 0 Å². The lowest BCUT2D eigenvalue weighted by Gasteiger charge is -2.10. The average Bonchev–Trinajstić information content (AvgIpc) is 3.06. The molecule has 0 bridgehead atoms. The SMILES string of the molecule is COc1ccc(C2=C(O)C(=O)Nc3ccc(Cc4ccc(C)s4)cc3S2)cc1. The molecule has 0 unspecified atom stereocenters. The smallest absolute Gasteiger partial charge is 0.291 e. The van der Waals surface area contributed by atoms with Crippen LogP contribution in [-0.2, 0) is 11.2 Å².